The minimum Gasteiger partial charge on any atom is -0.497 e. The number of benzene rings is 3. The maximum atomic E-state index is 13.8. The molecular formula is C34H41N3O2. The molecule has 1 aromatic heterocycles. The molecule has 1 aliphatic heterocycles. The largest absolute Gasteiger partial charge is 0.497 e. The van der Waals surface area contributed by atoms with E-state index < -0.39 is 0 Å². The molecule has 4 aromatic rings. The number of aryl methyl sites for hydroxylation is 1. The van der Waals surface area contributed by atoms with E-state index in [2.05, 4.69) is 71.1 Å². The molecule has 0 N–H and O–H groups in total. The zero-order chi connectivity index (χ0) is 27.0. The number of rotatable bonds is 5. The molecule has 204 valence electrons. The fraction of sp³-hybridized carbons (Fsp3) is 0.382. The molecule has 39 heavy (non-hydrogen) atoms. The average molecular weight is 524 g/mol. The van der Waals surface area contributed by atoms with Crippen LogP contribution >= 0.6 is 0 Å². The molecule has 0 bridgehead atoms. The summed E-state index contributed by atoms with van der Waals surface area (Å²) in [6.45, 7) is 3.51. The third-order valence-corrected chi connectivity index (χ3v) is 8.01. The lowest BCUT2D eigenvalue weighted by atomic mass is 10.1. The van der Waals surface area contributed by atoms with Crippen molar-refractivity contribution in [3.63, 3.8) is 0 Å². The molecular weight excluding hydrogens is 482 g/mol. The highest BCUT2D eigenvalue weighted by Gasteiger charge is 2.21. The van der Waals surface area contributed by atoms with Crippen molar-refractivity contribution in [2.45, 2.75) is 58.0 Å². The van der Waals surface area contributed by atoms with Crippen molar-refractivity contribution in [3.05, 3.63) is 95.7 Å². The van der Waals surface area contributed by atoms with Gasteiger partial charge in [0, 0.05) is 43.6 Å². The molecule has 0 atom stereocenters. The summed E-state index contributed by atoms with van der Waals surface area (Å²) in [4.78, 5) is 18.4. The molecule has 0 fully saturated rings. The van der Waals surface area contributed by atoms with Crippen molar-refractivity contribution in [1.82, 2.24) is 9.47 Å². The lowest BCUT2D eigenvalue weighted by molar-refractivity contribution is -0.118. The number of fused-ring (bicyclic) bond motifs is 2. The number of para-hydroxylation sites is 2. The first-order chi connectivity index (χ1) is 19.1. The first-order valence-electron chi connectivity index (χ1n) is 14.4. The second-order valence-corrected chi connectivity index (χ2v) is 10.8. The van der Waals surface area contributed by atoms with Gasteiger partial charge in [-0.1, -0.05) is 74.2 Å². The quantitative estimate of drug-likeness (QED) is 0.280. The topological polar surface area (TPSA) is 37.7 Å². The number of amides is 1. The van der Waals surface area contributed by atoms with E-state index in [4.69, 9.17) is 4.74 Å². The monoisotopic (exact) mass is 523 g/mol. The third kappa shape index (κ3) is 6.72. The van der Waals surface area contributed by atoms with Crippen LogP contribution in [0.3, 0.4) is 0 Å². The number of hydrogen-bond acceptors (Lipinski definition) is 3. The van der Waals surface area contributed by atoms with Crippen LogP contribution in [0.2, 0.25) is 0 Å². The molecule has 5 nitrogen and oxygen atoms in total. The predicted molar refractivity (Wildman–Crippen MR) is 160 cm³/mol. The van der Waals surface area contributed by atoms with Crippen LogP contribution in [0.1, 0.15) is 55.3 Å². The van der Waals surface area contributed by atoms with Gasteiger partial charge < -0.3 is 14.2 Å². The first kappa shape index (κ1) is 27.0. The second kappa shape index (κ2) is 13.0. The summed E-state index contributed by atoms with van der Waals surface area (Å²) < 4.78 is 7.72. The van der Waals surface area contributed by atoms with Crippen LogP contribution in [0.4, 0.5) is 5.69 Å². The highest BCUT2D eigenvalue weighted by molar-refractivity contribution is 5.95. The fourth-order valence-corrected chi connectivity index (χ4v) is 5.83. The van der Waals surface area contributed by atoms with Crippen molar-refractivity contribution < 1.29 is 9.53 Å². The van der Waals surface area contributed by atoms with E-state index in [0.29, 0.717) is 6.42 Å². The van der Waals surface area contributed by atoms with E-state index in [1.54, 1.807) is 7.11 Å². The van der Waals surface area contributed by atoms with E-state index in [1.165, 1.54) is 47.8 Å². The fourth-order valence-electron chi connectivity index (χ4n) is 5.83. The van der Waals surface area contributed by atoms with Crippen LogP contribution < -0.4 is 9.64 Å². The van der Waals surface area contributed by atoms with Crippen LogP contribution in [0.5, 0.6) is 5.75 Å². The molecule has 0 saturated carbocycles. The summed E-state index contributed by atoms with van der Waals surface area (Å²) in [5, 5.41) is 1.29. The number of hydrogen-bond donors (Lipinski definition) is 0. The highest BCUT2D eigenvalue weighted by Crippen LogP contribution is 2.27. The van der Waals surface area contributed by atoms with Crippen molar-refractivity contribution in [1.29, 1.82) is 0 Å². The molecule has 5 heteroatoms. The van der Waals surface area contributed by atoms with Gasteiger partial charge in [-0.05, 0) is 66.2 Å². The summed E-state index contributed by atoms with van der Waals surface area (Å²) in [5.41, 5.74) is 5.84. The molecule has 3 aromatic carbocycles. The molecule has 0 spiro atoms. The van der Waals surface area contributed by atoms with Crippen molar-refractivity contribution in [3.8, 4) is 5.75 Å². The molecule has 0 aliphatic carbocycles. The maximum Gasteiger partial charge on any atom is 0.231 e. The van der Waals surface area contributed by atoms with E-state index in [0.717, 1.165) is 56.0 Å². The van der Waals surface area contributed by atoms with Crippen LogP contribution in [0.15, 0.2) is 78.9 Å². The number of ether oxygens (including phenoxy) is 1. The Labute approximate surface area is 233 Å². The number of carbonyl (C=O) groups excluding carboxylic acids is 1. The van der Waals surface area contributed by atoms with Gasteiger partial charge in [-0.15, -0.1) is 0 Å². The summed E-state index contributed by atoms with van der Waals surface area (Å²) in [5.74, 6) is 0.931. The number of anilines is 1. The highest BCUT2D eigenvalue weighted by atomic mass is 16.5. The lowest BCUT2D eigenvalue weighted by Gasteiger charge is -2.28. The van der Waals surface area contributed by atoms with Gasteiger partial charge in [-0.3, -0.25) is 9.69 Å². The van der Waals surface area contributed by atoms with Crippen molar-refractivity contribution in [2.24, 2.45) is 7.05 Å². The van der Waals surface area contributed by atoms with Crippen LogP contribution in [0, 0.1) is 0 Å². The standard InChI is InChI=1S/C34H41N3O2/c1-35-30(24-28-15-7-9-18-32(28)35)26-36-20-11-5-3-4-6-12-21-37(33-19-10-8-16-29(33)25-36)34(38)23-27-14-13-17-31(22-27)39-2/h7-10,13-19,22,24H,3-6,11-12,20-21,23,25-26H2,1-2H3. The Bertz CT molecular complexity index is 1390. The molecule has 5 rings (SSSR count). The lowest BCUT2D eigenvalue weighted by Crippen LogP contribution is -2.35. The molecule has 2 heterocycles. The number of carbonyl (C=O) groups is 1. The molecule has 0 saturated heterocycles. The van der Waals surface area contributed by atoms with E-state index in [-0.39, 0.29) is 5.91 Å². The second-order valence-electron chi connectivity index (χ2n) is 10.8. The Morgan fingerprint density at radius 3 is 2.38 bits per heavy atom. The maximum absolute atomic E-state index is 13.8. The van der Waals surface area contributed by atoms with Gasteiger partial charge >= 0.3 is 0 Å². The Balaban J connectivity index is 1.43. The minimum absolute atomic E-state index is 0.144. The summed E-state index contributed by atoms with van der Waals surface area (Å²) in [6, 6.07) is 27.3. The predicted octanol–water partition coefficient (Wildman–Crippen LogP) is 7.12. The molecule has 0 radical (unpaired) electrons. The summed E-state index contributed by atoms with van der Waals surface area (Å²) in [7, 11) is 3.84. The molecule has 0 unspecified atom stereocenters. The summed E-state index contributed by atoms with van der Waals surface area (Å²) in [6.07, 6.45) is 7.49. The minimum atomic E-state index is 0.144. The Morgan fingerprint density at radius 2 is 1.56 bits per heavy atom. The number of aromatic nitrogens is 1. The van der Waals surface area contributed by atoms with Crippen LogP contribution in [0.25, 0.3) is 10.9 Å². The van der Waals surface area contributed by atoms with Gasteiger partial charge in [-0.25, -0.2) is 0 Å². The first-order valence-corrected chi connectivity index (χ1v) is 14.4. The third-order valence-electron chi connectivity index (χ3n) is 8.01. The number of nitrogens with zero attached hydrogens (tertiary/aromatic N) is 3. The Hall–Kier alpha value is -3.57. The van der Waals surface area contributed by atoms with Gasteiger partial charge in [0.25, 0.3) is 0 Å². The Morgan fingerprint density at radius 1 is 0.821 bits per heavy atom. The molecule has 1 amide bonds. The van der Waals surface area contributed by atoms with Crippen molar-refractivity contribution in [2.75, 3.05) is 25.1 Å². The van der Waals surface area contributed by atoms with Crippen LogP contribution in [-0.4, -0.2) is 35.6 Å². The van der Waals surface area contributed by atoms with E-state index in [1.807, 2.05) is 29.2 Å². The van der Waals surface area contributed by atoms with E-state index >= 15 is 0 Å². The van der Waals surface area contributed by atoms with Gasteiger partial charge in [0.1, 0.15) is 5.75 Å². The smallest absolute Gasteiger partial charge is 0.231 e. The zero-order valence-corrected chi connectivity index (χ0v) is 23.4. The van der Waals surface area contributed by atoms with Gasteiger partial charge in [0.05, 0.1) is 13.5 Å². The zero-order valence-electron chi connectivity index (χ0n) is 23.4. The average Bonchev–Trinajstić information content (AvgIpc) is 3.27. The van der Waals surface area contributed by atoms with E-state index in [9.17, 15) is 4.79 Å². The summed E-state index contributed by atoms with van der Waals surface area (Å²) >= 11 is 0. The normalized spacial score (nSPS) is 15.7. The molecule has 1 aliphatic rings. The number of methoxy groups -OCH3 is 1. The van der Waals surface area contributed by atoms with Gasteiger partial charge in [0.15, 0.2) is 0 Å². The van der Waals surface area contributed by atoms with Gasteiger partial charge in [0.2, 0.25) is 5.91 Å². The SMILES string of the molecule is COc1cccc(CC(=O)N2CCCCCCCCN(Cc3cc4ccccc4n3C)Cc3ccccc32)c1. The van der Waals surface area contributed by atoms with Gasteiger partial charge in [-0.2, -0.15) is 0 Å². The van der Waals surface area contributed by atoms with Crippen molar-refractivity contribution >= 4 is 22.5 Å². The van der Waals surface area contributed by atoms with Crippen LogP contribution in [-0.2, 0) is 31.4 Å². The Kier molecular flexibility index (Phi) is 9.00.